The molecule has 2 aliphatic heterocycles. The number of hydrogen-bond acceptors (Lipinski definition) is 4. The molecule has 2 saturated heterocycles. The fraction of sp³-hybridized carbons (Fsp3) is 0.643. The summed E-state index contributed by atoms with van der Waals surface area (Å²) in [5.41, 5.74) is 0. The van der Waals surface area contributed by atoms with Gasteiger partial charge in [0, 0.05) is 13.1 Å². The predicted octanol–water partition coefficient (Wildman–Crippen LogP) is 2.34. The molecule has 0 bridgehead atoms. The van der Waals surface area contributed by atoms with Crippen molar-refractivity contribution < 1.29 is 9.21 Å². The Balaban J connectivity index is 1.59. The van der Waals surface area contributed by atoms with E-state index in [1.807, 2.05) is 17.0 Å². The third-order valence-electron chi connectivity index (χ3n) is 3.86. The number of amides is 1. The molecule has 1 unspecified atom stereocenters. The van der Waals surface area contributed by atoms with E-state index in [9.17, 15) is 4.79 Å². The van der Waals surface area contributed by atoms with E-state index in [1.54, 1.807) is 18.0 Å². The highest BCUT2D eigenvalue weighted by Gasteiger charge is 2.34. The Kier molecular flexibility index (Phi) is 4.13. The van der Waals surface area contributed by atoms with E-state index >= 15 is 0 Å². The summed E-state index contributed by atoms with van der Waals surface area (Å²) in [5.74, 6) is 1.71. The van der Waals surface area contributed by atoms with E-state index in [-0.39, 0.29) is 11.3 Å². The molecule has 0 aromatic carbocycles. The van der Waals surface area contributed by atoms with Gasteiger partial charge < -0.3 is 14.2 Å². The Hall–Kier alpha value is -0.940. The van der Waals surface area contributed by atoms with Crippen molar-refractivity contribution in [3.63, 3.8) is 0 Å². The van der Waals surface area contributed by atoms with Crippen LogP contribution in [-0.2, 0) is 4.79 Å². The Morgan fingerprint density at radius 1 is 1.26 bits per heavy atom. The quantitative estimate of drug-likeness (QED) is 0.848. The van der Waals surface area contributed by atoms with Crippen LogP contribution < -0.4 is 0 Å². The van der Waals surface area contributed by atoms with Crippen LogP contribution in [-0.4, -0.2) is 47.6 Å². The van der Waals surface area contributed by atoms with E-state index in [1.165, 1.54) is 32.4 Å². The minimum Gasteiger partial charge on any atom is -0.466 e. The molecule has 19 heavy (non-hydrogen) atoms. The van der Waals surface area contributed by atoms with Gasteiger partial charge in [0.25, 0.3) is 0 Å². The maximum Gasteiger partial charge on any atom is 0.233 e. The summed E-state index contributed by atoms with van der Waals surface area (Å²) in [4.78, 5) is 16.4. The van der Waals surface area contributed by atoms with E-state index in [0.29, 0.717) is 5.75 Å². The zero-order valence-electron chi connectivity index (χ0n) is 11.1. The molecule has 0 saturated carbocycles. The van der Waals surface area contributed by atoms with E-state index < -0.39 is 0 Å². The number of carbonyl (C=O) groups excluding carboxylic acids is 1. The largest absolute Gasteiger partial charge is 0.466 e. The molecule has 1 aromatic heterocycles. The van der Waals surface area contributed by atoms with Gasteiger partial charge in [-0.15, -0.1) is 11.8 Å². The lowest BCUT2D eigenvalue weighted by molar-refractivity contribution is -0.128. The van der Waals surface area contributed by atoms with Crippen LogP contribution in [0, 0.1) is 0 Å². The standard InChI is InChI=1S/C14H20N2O2S/c17-13-11-19-14(12-5-4-10-18-12)16(13)9-8-15-6-2-1-3-7-15/h4-5,10,14H,1-3,6-9,11H2. The molecule has 0 spiro atoms. The first-order chi connectivity index (χ1) is 9.34. The molecule has 0 aliphatic carbocycles. The number of rotatable bonds is 4. The number of piperidine rings is 1. The minimum absolute atomic E-state index is 0.0762. The summed E-state index contributed by atoms with van der Waals surface area (Å²) in [5, 5.41) is 0.0762. The van der Waals surface area contributed by atoms with Gasteiger partial charge in [0.15, 0.2) is 0 Å². The highest BCUT2D eigenvalue weighted by molar-refractivity contribution is 8.00. The number of furan rings is 1. The van der Waals surface area contributed by atoms with Crippen molar-refractivity contribution in [2.75, 3.05) is 31.9 Å². The van der Waals surface area contributed by atoms with E-state index in [4.69, 9.17) is 4.42 Å². The highest BCUT2D eigenvalue weighted by Crippen LogP contribution is 2.38. The summed E-state index contributed by atoms with van der Waals surface area (Å²) >= 11 is 1.67. The molecule has 1 atom stereocenters. The van der Waals surface area contributed by atoms with Gasteiger partial charge in [-0.3, -0.25) is 4.79 Å². The number of carbonyl (C=O) groups is 1. The Morgan fingerprint density at radius 3 is 2.84 bits per heavy atom. The molecule has 104 valence electrons. The summed E-state index contributed by atoms with van der Waals surface area (Å²) < 4.78 is 5.46. The number of nitrogens with zero attached hydrogens (tertiary/aromatic N) is 2. The first-order valence-electron chi connectivity index (χ1n) is 7.01. The second-order valence-electron chi connectivity index (χ2n) is 5.17. The number of thioether (sulfide) groups is 1. The maximum absolute atomic E-state index is 12.0. The number of likely N-dealkylation sites (tertiary alicyclic amines) is 1. The van der Waals surface area contributed by atoms with Gasteiger partial charge in [-0.2, -0.15) is 0 Å². The molecule has 5 heteroatoms. The zero-order valence-corrected chi connectivity index (χ0v) is 11.9. The average Bonchev–Trinajstić information content (AvgIpc) is 3.07. The SMILES string of the molecule is O=C1CSC(c2ccco2)N1CCN1CCCCC1. The van der Waals surface area contributed by atoms with Crippen LogP contribution >= 0.6 is 11.8 Å². The van der Waals surface area contributed by atoms with Crippen LogP contribution in [0.15, 0.2) is 22.8 Å². The fourth-order valence-corrected chi connectivity index (χ4v) is 3.96. The molecular weight excluding hydrogens is 260 g/mol. The zero-order chi connectivity index (χ0) is 13.1. The lowest BCUT2D eigenvalue weighted by Crippen LogP contribution is -2.39. The lowest BCUT2D eigenvalue weighted by atomic mass is 10.1. The second-order valence-corrected chi connectivity index (χ2v) is 6.24. The van der Waals surface area contributed by atoms with Crippen LogP contribution in [0.5, 0.6) is 0 Å². The Labute approximate surface area is 118 Å². The smallest absolute Gasteiger partial charge is 0.233 e. The van der Waals surface area contributed by atoms with Crippen molar-refractivity contribution in [2.45, 2.75) is 24.6 Å². The molecule has 1 amide bonds. The monoisotopic (exact) mass is 280 g/mol. The van der Waals surface area contributed by atoms with Crippen molar-refractivity contribution >= 4 is 17.7 Å². The fourth-order valence-electron chi connectivity index (χ4n) is 2.80. The third-order valence-corrected chi connectivity index (χ3v) is 5.08. The van der Waals surface area contributed by atoms with Crippen LogP contribution in [0.3, 0.4) is 0 Å². The molecular formula is C14H20N2O2S. The molecule has 3 heterocycles. The van der Waals surface area contributed by atoms with Gasteiger partial charge in [0.1, 0.15) is 11.1 Å². The van der Waals surface area contributed by atoms with Crippen LogP contribution in [0.4, 0.5) is 0 Å². The van der Waals surface area contributed by atoms with Crippen molar-refractivity contribution in [3.05, 3.63) is 24.2 Å². The van der Waals surface area contributed by atoms with E-state index in [0.717, 1.165) is 18.8 Å². The van der Waals surface area contributed by atoms with E-state index in [2.05, 4.69) is 4.90 Å². The molecule has 2 aliphatic rings. The van der Waals surface area contributed by atoms with Crippen LogP contribution in [0.2, 0.25) is 0 Å². The summed E-state index contributed by atoms with van der Waals surface area (Å²) in [7, 11) is 0. The summed E-state index contributed by atoms with van der Waals surface area (Å²) in [6.07, 6.45) is 5.63. The first-order valence-corrected chi connectivity index (χ1v) is 8.06. The van der Waals surface area contributed by atoms with Gasteiger partial charge in [-0.05, 0) is 38.1 Å². The third kappa shape index (κ3) is 2.98. The molecule has 4 nitrogen and oxygen atoms in total. The molecule has 0 radical (unpaired) electrons. The summed E-state index contributed by atoms with van der Waals surface area (Å²) in [6.45, 7) is 4.17. The Morgan fingerprint density at radius 2 is 2.11 bits per heavy atom. The molecule has 0 N–H and O–H groups in total. The first kappa shape index (κ1) is 13.1. The van der Waals surface area contributed by atoms with Crippen molar-refractivity contribution in [1.29, 1.82) is 0 Å². The van der Waals surface area contributed by atoms with Gasteiger partial charge in [0.05, 0.1) is 12.0 Å². The number of hydrogen-bond donors (Lipinski definition) is 0. The van der Waals surface area contributed by atoms with Crippen LogP contribution in [0.25, 0.3) is 0 Å². The van der Waals surface area contributed by atoms with Gasteiger partial charge in [-0.1, -0.05) is 6.42 Å². The van der Waals surface area contributed by atoms with Crippen molar-refractivity contribution in [1.82, 2.24) is 9.80 Å². The maximum atomic E-state index is 12.0. The minimum atomic E-state index is 0.0762. The molecule has 2 fully saturated rings. The Bertz CT molecular complexity index is 415. The van der Waals surface area contributed by atoms with Gasteiger partial charge in [-0.25, -0.2) is 0 Å². The predicted molar refractivity (Wildman–Crippen MR) is 75.9 cm³/mol. The normalized spacial score (nSPS) is 25.2. The van der Waals surface area contributed by atoms with Crippen molar-refractivity contribution in [2.24, 2.45) is 0 Å². The van der Waals surface area contributed by atoms with Crippen molar-refractivity contribution in [3.8, 4) is 0 Å². The van der Waals surface area contributed by atoms with Crippen LogP contribution in [0.1, 0.15) is 30.4 Å². The second kappa shape index (κ2) is 6.01. The lowest BCUT2D eigenvalue weighted by Gasteiger charge is -2.30. The molecule has 1 aromatic rings. The highest BCUT2D eigenvalue weighted by atomic mass is 32.2. The van der Waals surface area contributed by atoms with Gasteiger partial charge in [0.2, 0.25) is 5.91 Å². The van der Waals surface area contributed by atoms with Gasteiger partial charge >= 0.3 is 0 Å². The molecule has 3 rings (SSSR count). The summed E-state index contributed by atoms with van der Waals surface area (Å²) in [6, 6.07) is 3.85. The average molecular weight is 280 g/mol. The topological polar surface area (TPSA) is 36.7 Å².